The number of nitrogens with one attached hydrogen (secondary N) is 1. The van der Waals surface area contributed by atoms with E-state index in [-0.39, 0.29) is 10.9 Å². The topological polar surface area (TPSA) is 76.1 Å². The second kappa shape index (κ2) is 7.75. The van der Waals surface area contributed by atoms with Gasteiger partial charge in [0, 0.05) is 36.2 Å². The molecule has 1 N–H and O–H groups in total. The number of amides is 1. The minimum absolute atomic E-state index is 0.0218. The van der Waals surface area contributed by atoms with Gasteiger partial charge in [-0.15, -0.1) is 0 Å². The van der Waals surface area contributed by atoms with Gasteiger partial charge in [0.15, 0.2) is 14.9 Å². The van der Waals surface area contributed by atoms with Crippen LogP contribution in [0.3, 0.4) is 0 Å². The third-order valence-corrected chi connectivity index (χ3v) is 5.58. The Hall–Kier alpha value is -3.06. The Morgan fingerprint density at radius 2 is 1.62 bits per heavy atom. The molecular formula is C22H21FN2O3S. The Morgan fingerprint density at radius 3 is 2.17 bits per heavy atom. The van der Waals surface area contributed by atoms with Gasteiger partial charge >= 0.3 is 0 Å². The first-order valence-electron chi connectivity index (χ1n) is 8.91. The van der Waals surface area contributed by atoms with E-state index in [4.69, 9.17) is 0 Å². The van der Waals surface area contributed by atoms with Crippen molar-refractivity contribution in [2.75, 3.05) is 11.6 Å². The largest absolute Gasteiger partial charge is 0.326 e. The molecule has 0 saturated heterocycles. The van der Waals surface area contributed by atoms with Crippen molar-refractivity contribution in [3.8, 4) is 22.3 Å². The lowest BCUT2D eigenvalue weighted by molar-refractivity contribution is -0.114. The van der Waals surface area contributed by atoms with Crippen molar-refractivity contribution in [1.82, 2.24) is 4.98 Å². The van der Waals surface area contributed by atoms with Crippen molar-refractivity contribution in [3.63, 3.8) is 0 Å². The van der Waals surface area contributed by atoms with Crippen LogP contribution in [-0.4, -0.2) is 25.6 Å². The predicted octanol–water partition coefficient (Wildman–Crippen LogP) is 4.53. The van der Waals surface area contributed by atoms with Gasteiger partial charge in [0.2, 0.25) is 5.91 Å². The monoisotopic (exact) mass is 412 g/mol. The molecule has 0 aliphatic heterocycles. The third kappa shape index (κ3) is 4.51. The van der Waals surface area contributed by atoms with Crippen molar-refractivity contribution in [1.29, 1.82) is 0 Å². The van der Waals surface area contributed by atoms with E-state index in [0.717, 1.165) is 34.1 Å². The summed E-state index contributed by atoms with van der Waals surface area (Å²) in [6.07, 6.45) is 2.64. The fourth-order valence-corrected chi connectivity index (χ4v) is 3.75. The van der Waals surface area contributed by atoms with Gasteiger partial charge in [-0.2, -0.15) is 0 Å². The van der Waals surface area contributed by atoms with E-state index in [1.807, 2.05) is 26.0 Å². The number of pyridine rings is 1. The van der Waals surface area contributed by atoms with E-state index in [0.29, 0.717) is 11.3 Å². The molecule has 0 aliphatic carbocycles. The van der Waals surface area contributed by atoms with Gasteiger partial charge < -0.3 is 5.32 Å². The average molecular weight is 412 g/mol. The average Bonchev–Trinajstić information content (AvgIpc) is 2.63. The van der Waals surface area contributed by atoms with E-state index in [9.17, 15) is 17.6 Å². The number of hydrogen-bond acceptors (Lipinski definition) is 4. The Balaban J connectivity index is 2.01. The molecule has 1 heterocycles. The highest BCUT2D eigenvalue weighted by Gasteiger charge is 2.14. The van der Waals surface area contributed by atoms with E-state index >= 15 is 0 Å². The summed E-state index contributed by atoms with van der Waals surface area (Å²) in [4.78, 5) is 15.2. The van der Waals surface area contributed by atoms with E-state index in [2.05, 4.69) is 10.3 Å². The zero-order chi connectivity index (χ0) is 21.3. The maximum Gasteiger partial charge on any atom is 0.221 e. The molecule has 0 unspecified atom stereocenters. The SMILES string of the molecule is CC(=O)Nc1ccc(-c2cc(C)c(-c3ccc(S(C)(=O)=O)nc3)cc2C)c(F)c1. The van der Waals surface area contributed by atoms with Gasteiger partial charge in [-0.05, 0) is 66.4 Å². The van der Waals surface area contributed by atoms with Gasteiger partial charge in [0.1, 0.15) is 5.82 Å². The summed E-state index contributed by atoms with van der Waals surface area (Å²) in [5.41, 5.74) is 5.05. The van der Waals surface area contributed by atoms with Crippen LogP contribution in [0, 0.1) is 19.7 Å². The van der Waals surface area contributed by atoms with Crippen LogP contribution < -0.4 is 5.32 Å². The first-order chi connectivity index (χ1) is 13.6. The maximum atomic E-state index is 14.7. The molecule has 1 aromatic heterocycles. The Kier molecular flexibility index (Phi) is 5.53. The van der Waals surface area contributed by atoms with Gasteiger partial charge in [-0.3, -0.25) is 4.79 Å². The van der Waals surface area contributed by atoms with Crippen LogP contribution in [0.2, 0.25) is 0 Å². The smallest absolute Gasteiger partial charge is 0.221 e. The van der Waals surface area contributed by atoms with Crippen molar-refractivity contribution >= 4 is 21.4 Å². The normalized spacial score (nSPS) is 11.3. The highest BCUT2D eigenvalue weighted by Crippen LogP contribution is 2.33. The standard InChI is InChI=1S/C22H21FN2O3S/c1-13-10-20(18-7-6-17(11-21(18)23)25-15(3)26)14(2)9-19(13)16-5-8-22(24-12-16)29(4,27)28/h5-12H,1-4H3,(H,25,26). The van der Waals surface area contributed by atoms with E-state index in [1.165, 1.54) is 25.3 Å². The van der Waals surface area contributed by atoms with Crippen LogP contribution in [0.1, 0.15) is 18.1 Å². The van der Waals surface area contributed by atoms with Gasteiger partial charge in [-0.25, -0.2) is 17.8 Å². The molecule has 0 atom stereocenters. The molecule has 0 spiro atoms. The summed E-state index contributed by atoms with van der Waals surface area (Å²) in [6.45, 7) is 5.17. The van der Waals surface area contributed by atoms with E-state index < -0.39 is 15.7 Å². The number of hydrogen-bond donors (Lipinski definition) is 1. The number of anilines is 1. The van der Waals surface area contributed by atoms with Crippen LogP contribution >= 0.6 is 0 Å². The van der Waals surface area contributed by atoms with Crippen molar-refractivity contribution in [3.05, 3.63) is 65.6 Å². The first-order valence-corrected chi connectivity index (χ1v) is 10.8. The quantitative estimate of drug-likeness (QED) is 0.683. The summed E-state index contributed by atoms with van der Waals surface area (Å²) in [7, 11) is -3.36. The van der Waals surface area contributed by atoms with Gasteiger partial charge in [0.05, 0.1) is 0 Å². The summed E-state index contributed by atoms with van der Waals surface area (Å²) < 4.78 is 37.9. The lowest BCUT2D eigenvalue weighted by Crippen LogP contribution is -2.06. The number of aryl methyl sites for hydroxylation is 2. The molecule has 2 aromatic carbocycles. The molecule has 0 radical (unpaired) electrons. The molecule has 7 heteroatoms. The highest BCUT2D eigenvalue weighted by molar-refractivity contribution is 7.90. The summed E-state index contributed by atoms with van der Waals surface area (Å²) >= 11 is 0. The van der Waals surface area contributed by atoms with Crippen LogP contribution in [0.5, 0.6) is 0 Å². The maximum absolute atomic E-state index is 14.7. The third-order valence-electron chi connectivity index (χ3n) is 4.58. The number of halogens is 1. The molecule has 5 nitrogen and oxygen atoms in total. The van der Waals surface area contributed by atoms with Crippen molar-refractivity contribution in [2.45, 2.75) is 25.8 Å². The number of carbonyl (C=O) groups is 1. The number of sulfone groups is 1. The molecule has 0 aliphatic rings. The summed E-state index contributed by atoms with van der Waals surface area (Å²) in [5.74, 6) is -0.685. The predicted molar refractivity (Wildman–Crippen MR) is 112 cm³/mol. The van der Waals surface area contributed by atoms with Crippen LogP contribution in [0.25, 0.3) is 22.3 Å². The minimum Gasteiger partial charge on any atom is -0.326 e. The van der Waals surface area contributed by atoms with Crippen LogP contribution in [-0.2, 0) is 14.6 Å². The fourth-order valence-electron chi connectivity index (χ4n) is 3.19. The Labute approximate surface area is 169 Å². The van der Waals surface area contributed by atoms with Crippen molar-refractivity contribution < 1.29 is 17.6 Å². The number of rotatable bonds is 4. The summed E-state index contributed by atoms with van der Waals surface area (Å²) in [5, 5.41) is 2.59. The highest BCUT2D eigenvalue weighted by atomic mass is 32.2. The fraction of sp³-hybridized carbons (Fsp3) is 0.182. The lowest BCUT2D eigenvalue weighted by Gasteiger charge is -2.14. The van der Waals surface area contributed by atoms with Crippen LogP contribution in [0.4, 0.5) is 10.1 Å². The zero-order valence-electron chi connectivity index (χ0n) is 16.6. The second-order valence-corrected chi connectivity index (χ2v) is 8.98. The van der Waals surface area contributed by atoms with Crippen LogP contribution in [0.15, 0.2) is 53.7 Å². The number of benzene rings is 2. The molecule has 3 rings (SSSR count). The Bertz CT molecular complexity index is 1200. The van der Waals surface area contributed by atoms with Gasteiger partial charge in [-0.1, -0.05) is 12.1 Å². The Morgan fingerprint density at radius 1 is 0.966 bits per heavy atom. The number of carbonyl (C=O) groups excluding carboxylic acids is 1. The molecule has 150 valence electrons. The zero-order valence-corrected chi connectivity index (χ0v) is 17.4. The molecule has 0 fully saturated rings. The lowest BCUT2D eigenvalue weighted by atomic mass is 9.92. The van der Waals surface area contributed by atoms with Gasteiger partial charge in [0.25, 0.3) is 0 Å². The molecular weight excluding hydrogens is 391 g/mol. The first kappa shape index (κ1) is 20.7. The summed E-state index contributed by atoms with van der Waals surface area (Å²) in [6, 6.07) is 11.6. The molecule has 3 aromatic rings. The molecule has 0 bridgehead atoms. The molecule has 1 amide bonds. The minimum atomic E-state index is -3.36. The number of nitrogens with zero attached hydrogens (tertiary/aromatic N) is 1. The van der Waals surface area contributed by atoms with Crippen molar-refractivity contribution in [2.24, 2.45) is 0 Å². The van der Waals surface area contributed by atoms with E-state index in [1.54, 1.807) is 18.2 Å². The molecule has 0 saturated carbocycles. The second-order valence-electron chi connectivity index (χ2n) is 7.02. The number of aromatic nitrogens is 1. The molecule has 29 heavy (non-hydrogen) atoms.